The predicted octanol–water partition coefficient (Wildman–Crippen LogP) is 1.93. The first kappa shape index (κ1) is 21.4. The maximum absolute atomic E-state index is 12.8. The van der Waals surface area contributed by atoms with E-state index < -0.39 is 29.4 Å². The fourth-order valence-corrected chi connectivity index (χ4v) is 4.92. The first-order valence-electron chi connectivity index (χ1n) is 8.16. The molecule has 2 atom stereocenters. The van der Waals surface area contributed by atoms with Gasteiger partial charge in [-0.2, -0.15) is 4.72 Å². The molecule has 0 fully saturated rings. The van der Waals surface area contributed by atoms with Crippen molar-refractivity contribution in [3.63, 3.8) is 0 Å². The number of rotatable bonds is 8. The van der Waals surface area contributed by atoms with Gasteiger partial charge in [0, 0.05) is 43.4 Å². The molecule has 3 N–H and O–H groups in total. The van der Waals surface area contributed by atoms with Gasteiger partial charge < -0.3 is 14.9 Å². The predicted molar refractivity (Wildman–Crippen MR) is 105 cm³/mol. The zero-order valence-electron chi connectivity index (χ0n) is 15.3. The molecule has 0 aliphatic rings. The molecule has 27 heavy (non-hydrogen) atoms. The van der Waals surface area contributed by atoms with Gasteiger partial charge in [0.05, 0.1) is 4.90 Å². The lowest BCUT2D eigenvalue weighted by Gasteiger charge is -2.19. The van der Waals surface area contributed by atoms with Crippen LogP contribution in [0, 0.1) is 0 Å². The third-order valence-corrected chi connectivity index (χ3v) is 6.68. The van der Waals surface area contributed by atoms with Crippen molar-refractivity contribution in [2.45, 2.75) is 17.4 Å². The number of carbonyl (C=O) groups is 1. The van der Waals surface area contributed by atoms with E-state index in [4.69, 9.17) is 0 Å². The molecule has 0 saturated carbocycles. The topological polar surface area (TPSA) is 124 Å². The summed E-state index contributed by atoms with van der Waals surface area (Å²) in [5.41, 5.74) is 0.825. The van der Waals surface area contributed by atoms with Gasteiger partial charge in [0.2, 0.25) is 10.0 Å². The number of hydrogen-bond donors (Lipinski definition) is 3. The van der Waals surface area contributed by atoms with Crippen LogP contribution in [0.3, 0.4) is 0 Å². The summed E-state index contributed by atoms with van der Waals surface area (Å²) in [6.45, 7) is 1.11. The smallest absolute Gasteiger partial charge is 0.321 e. The Morgan fingerprint density at radius 2 is 1.78 bits per heavy atom. The van der Waals surface area contributed by atoms with Crippen LogP contribution in [-0.2, 0) is 19.4 Å². The highest BCUT2D eigenvalue weighted by Crippen LogP contribution is 2.36. The molecule has 0 heterocycles. The quantitative estimate of drug-likeness (QED) is 0.564. The Balaban J connectivity index is 2.45. The number of benzene rings is 2. The minimum atomic E-state index is -4.16. The maximum atomic E-state index is 12.8. The van der Waals surface area contributed by atoms with Gasteiger partial charge in [-0.15, -0.1) is 0 Å². The third-order valence-electron chi connectivity index (χ3n) is 4.06. The summed E-state index contributed by atoms with van der Waals surface area (Å²) >= 11 is 0. The summed E-state index contributed by atoms with van der Waals surface area (Å²) in [5, 5.41) is 10.5. The van der Waals surface area contributed by atoms with Crippen molar-refractivity contribution in [2.75, 3.05) is 31.8 Å². The lowest BCUT2D eigenvalue weighted by atomic mass is 10.1. The second-order valence-electron chi connectivity index (χ2n) is 6.60. The van der Waals surface area contributed by atoms with Crippen LogP contribution in [0.15, 0.2) is 41.3 Å². The molecule has 0 aliphatic carbocycles. The number of anilines is 1. The number of nitrogens with zero attached hydrogens (tertiary/aromatic N) is 1. The zero-order chi connectivity index (χ0) is 20.4. The van der Waals surface area contributed by atoms with Gasteiger partial charge in [0.25, 0.3) is 0 Å². The van der Waals surface area contributed by atoms with Crippen molar-refractivity contribution in [3.8, 4) is 0 Å². The van der Waals surface area contributed by atoms with E-state index in [0.717, 1.165) is 12.4 Å². The van der Waals surface area contributed by atoms with E-state index in [-0.39, 0.29) is 17.5 Å². The van der Waals surface area contributed by atoms with Crippen LogP contribution in [0.2, 0.25) is 0 Å². The van der Waals surface area contributed by atoms with Crippen LogP contribution in [0.5, 0.6) is 0 Å². The fraction of sp³-hybridized carbons (Fsp3) is 0.353. The second-order valence-corrected chi connectivity index (χ2v) is 10.8. The van der Waals surface area contributed by atoms with E-state index in [9.17, 15) is 27.8 Å². The van der Waals surface area contributed by atoms with Crippen molar-refractivity contribution >= 4 is 39.8 Å². The minimum Gasteiger partial charge on any atom is -0.480 e. The lowest BCUT2D eigenvalue weighted by molar-refractivity contribution is -0.139. The van der Waals surface area contributed by atoms with Gasteiger partial charge in [-0.1, -0.05) is 24.3 Å². The molecule has 0 aliphatic heterocycles. The Kier molecular flexibility index (Phi) is 6.32. The van der Waals surface area contributed by atoms with Crippen molar-refractivity contribution in [2.24, 2.45) is 0 Å². The highest BCUT2D eigenvalue weighted by atomic mass is 32.2. The molecule has 2 aromatic carbocycles. The number of sulfonamides is 1. The first-order valence-corrected chi connectivity index (χ1v) is 11.9. The number of carboxylic acids is 1. The van der Waals surface area contributed by atoms with Gasteiger partial charge in [-0.05, 0) is 18.6 Å². The standard InChI is InChI=1S/C17H23N2O6PS/c1-19(2)15-8-4-7-13-12(15)6-5-9-16(13)27(24,25)18-14(17(20)21)10-11-26(3,22)23/h4-9,14,18H,10-11H2,1-3H3,(H,20,21)(H,22,23). The average Bonchev–Trinajstić information content (AvgIpc) is 2.56. The van der Waals surface area contributed by atoms with Crippen molar-refractivity contribution in [1.29, 1.82) is 0 Å². The largest absolute Gasteiger partial charge is 0.480 e. The molecule has 10 heteroatoms. The fourth-order valence-electron chi connectivity index (χ4n) is 2.74. The van der Waals surface area contributed by atoms with Crippen LogP contribution in [-0.4, -0.2) is 57.4 Å². The van der Waals surface area contributed by atoms with E-state index >= 15 is 0 Å². The van der Waals surface area contributed by atoms with Crippen LogP contribution in [0.1, 0.15) is 6.42 Å². The number of nitrogens with one attached hydrogen (secondary N) is 1. The summed E-state index contributed by atoms with van der Waals surface area (Å²) in [7, 11) is -3.94. The van der Waals surface area contributed by atoms with Gasteiger partial charge in [0.1, 0.15) is 6.04 Å². The van der Waals surface area contributed by atoms with Gasteiger partial charge >= 0.3 is 5.97 Å². The normalized spacial score (nSPS) is 15.3. The molecule has 148 valence electrons. The minimum absolute atomic E-state index is 0.0429. The lowest BCUT2D eigenvalue weighted by Crippen LogP contribution is -2.41. The molecule has 0 bridgehead atoms. The summed E-state index contributed by atoms with van der Waals surface area (Å²) < 4.78 is 39.3. The Bertz CT molecular complexity index is 1000. The summed E-state index contributed by atoms with van der Waals surface area (Å²) in [4.78, 5) is 22.6. The molecule has 0 radical (unpaired) electrons. The third kappa shape index (κ3) is 5.29. The van der Waals surface area contributed by atoms with Crippen molar-refractivity contribution in [1.82, 2.24) is 4.72 Å². The molecular formula is C17H23N2O6PS. The Labute approximate surface area is 158 Å². The second kappa shape index (κ2) is 7.98. The molecule has 2 aromatic rings. The van der Waals surface area contributed by atoms with Crippen molar-refractivity contribution in [3.05, 3.63) is 36.4 Å². The van der Waals surface area contributed by atoms with Crippen LogP contribution >= 0.6 is 7.37 Å². The molecule has 2 unspecified atom stereocenters. The van der Waals surface area contributed by atoms with Gasteiger partial charge in [-0.25, -0.2) is 8.42 Å². The maximum Gasteiger partial charge on any atom is 0.321 e. The van der Waals surface area contributed by atoms with E-state index in [1.165, 1.54) is 6.07 Å². The Morgan fingerprint density at radius 3 is 2.33 bits per heavy atom. The van der Waals surface area contributed by atoms with Crippen LogP contribution in [0.25, 0.3) is 10.8 Å². The highest BCUT2D eigenvalue weighted by molar-refractivity contribution is 7.89. The van der Waals surface area contributed by atoms with Gasteiger partial charge in [0.15, 0.2) is 7.37 Å². The molecule has 8 nitrogen and oxygen atoms in total. The zero-order valence-corrected chi connectivity index (χ0v) is 17.0. The number of carboxylic acid groups (broad SMARTS) is 1. The van der Waals surface area contributed by atoms with E-state index in [1.54, 1.807) is 24.3 Å². The molecule has 0 spiro atoms. The monoisotopic (exact) mass is 414 g/mol. The van der Waals surface area contributed by atoms with E-state index in [1.807, 2.05) is 25.1 Å². The molecule has 0 amide bonds. The summed E-state index contributed by atoms with van der Waals surface area (Å²) in [5.74, 6) is -1.40. The number of hydrogen-bond acceptors (Lipinski definition) is 5. The van der Waals surface area contributed by atoms with Crippen LogP contribution < -0.4 is 9.62 Å². The van der Waals surface area contributed by atoms with E-state index in [2.05, 4.69) is 4.72 Å². The highest BCUT2D eigenvalue weighted by Gasteiger charge is 2.28. The number of fused-ring (bicyclic) bond motifs is 1. The summed E-state index contributed by atoms with van der Waals surface area (Å²) in [6, 6.07) is 8.52. The molecule has 0 aromatic heterocycles. The van der Waals surface area contributed by atoms with Crippen molar-refractivity contribution < 1.29 is 27.8 Å². The summed E-state index contributed by atoms with van der Waals surface area (Å²) in [6.07, 6.45) is -0.584. The van der Waals surface area contributed by atoms with E-state index in [0.29, 0.717) is 10.8 Å². The Hall–Kier alpha value is -1.93. The first-order chi connectivity index (χ1) is 12.4. The SMILES string of the molecule is CN(C)c1cccc2c(S(=O)(=O)NC(CCP(C)(=O)O)C(=O)O)cccc12. The molecule has 0 saturated heterocycles. The molecular weight excluding hydrogens is 391 g/mol. The Morgan fingerprint density at radius 1 is 1.19 bits per heavy atom. The van der Waals surface area contributed by atoms with Crippen LogP contribution in [0.4, 0.5) is 5.69 Å². The molecule has 2 rings (SSSR count). The average molecular weight is 414 g/mol. The van der Waals surface area contributed by atoms with Gasteiger partial charge in [-0.3, -0.25) is 9.36 Å². The number of aliphatic carboxylic acids is 1.